The molecular formula is C13H10BrF2NO. The average Bonchev–Trinajstić information content (AvgIpc) is 2.36. The van der Waals surface area contributed by atoms with Crippen LogP contribution in [0.4, 0.5) is 8.78 Å². The fourth-order valence-electron chi connectivity index (χ4n) is 1.48. The Morgan fingerprint density at radius 3 is 2.39 bits per heavy atom. The van der Waals surface area contributed by atoms with Gasteiger partial charge in [-0.05, 0) is 46.3 Å². The molecule has 2 aromatic carbocycles. The molecule has 2 N–H and O–H groups in total. The maximum absolute atomic E-state index is 13.1. The minimum absolute atomic E-state index is 0.139. The molecule has 0 heterocycles. The van der Waals surface area contributed by atoms with E-state index < -0.39 is 5.82 Å². The summed E-state index contributed by atoms with van der Waals surface area (Å²) in [6.45, 7) is 0.139. The van der Waals surface area contributed by atoms with Gasteiger partial charge in [0.05, 0.1) is 4.47 Å². The summed E-state index contributed by atoms with van der Waals surface area (Å²) in [5.74, 6) is -0.0766. The molecule has 0 aromatic heterocycles. The fraction of sp³-hybridized carbons (Fsp3) is 0.0769. The van der Waals surface area contributed by atoms with Crippen LogP contribution in [-0.2, 0) is 6.54 Å². The highest BCUT2D eigenvalue weighted by molar-refractivity contribution is 9.10. The molecule has 0 amide bonds. The van der Waals surface area contributed by atoms with Crippen molar-refractivity contribution >= 4 is 15.9 Å². The zero-order valence-electron chi connectivity index (χ0n) is 9.29. The predicted octanol–water partition coefficient (Wildman–Crippen LogP) is 3.98. The number of halogens is 3. The van der Waals surface area contributed by atoms with Gasteiger partial charge in [0.25, 0.3) is 0 Å². The van der Waals surface area contributed by atoms with E-state index in [0.29, 0.717) is 21.5 Å². The quantitative estimate of drug-likeness (QED) is 0.930. The lowest BCUT2D eigenvalue weighted by Crippen LogP contribution is -2.00. The third-order valence-electron chi connectivity index (χ3n) is 2.36. The van der Waals surface area contributed by atoms with E-state index >= 15 is 0 Å². The Balaban J connectivity index is 2.36. The molecule has 0 bridgehead atoms. The SMILES string of the molecule is NCc1cc(F)ccc1Oc1cc(F)ccc1Br. The van der Waals surface area contributed by atoms with Crippen LogP contribution >= 0.6 is 15.9 Å². The monoisotopic (exact) mass is 313 g/mol. The molecule has 0 fully saturated rings. The maximum atomic E-state index is 13.1. The minimum atomic E-state index is -0.412. The largest absolute Gasteiger partial charge is 0.456 e. The van der Waals surface area contributed by atoms with Crippen LogP contribution in [0.5, 0.6) is 11.5 Å². The molecular weight excluding hydrogens is 304 g/mol. The third-order valence-corrected chi connectivity index (χ3v) is 3.01. The van der Waals surface area contributed by atoms with E-state index in [2.05, 4.69) is 15.9 Å². The van der Waals surface area contributed by atoms with Crippen molar-refractivity contribution in [2.75, 3.05) is 0 Å². The third kappa shape index (κ3) is 2.86. The van der Waals surface area contributed by atoms with Gasteiger partial charge in [-0.25, -0.2) is 8.78 Å². The highest BCUT2D eigenvalue weighted by atomic mass is 79.9. The Bertz CT molecular complexity index is 575. The summed E-state index contributed by atoms with van der Waals surface area (Å²) < 4.78 is 32.3. The van der Waals surface area contributed by atoms with E-state index in [0.717, 1.165) is 0 Å². The van der Waals surface area contributed by atoms with E-state index in [-0.39, 0.29) is 12.4 Å². The number of hydrogen-bond acceptors (Lipinski definition) is 2. The number of nitrogens with two attached hydrogens (primary N) is 1. The van der Waals surface area contributed by atoms with Crippen LogP contribution < -0.4 is 10.5 Å². The normalized spacial score (nSPS) is 10.4. The van der Waals surface area contributed by atoms with Crippen LogP contribution in [0.3, 0.4) is 0 Å². The molecule has 0 saturated heterocycles. The van der Waals surface area contributed by atoms with Crippen molar-refractivity contribution in [3.8, 4) is 11.5 Å². The summed E-state index contributed by atoms with van der Waals surface area (Å²) in [5, 5.41) is 0. The predicted molar refractivity (Wildman–Crippen MR) is 68.5 cm³/mol. The maximum Gasteiger partial charge on any atom is 0.144 e. The van der Waals surface area contributed by atoms with E-state index in [1.54, 1.807) is 0 Å². The van der Waals surface area contributed by atoms with Crippen LogP contribution in [0.2, 0.25) is 0 Å². The summed E-state index contributed by atoms with van der Waals surface area (Å²) in [5.41, 5.74) is 6.03. The molecule has 2 rings (SSSR count). The van der Waals surface area contributed by atoms with Gasteiger partial charge in [-0.2, -0.15) is 0 Å². The molecule has 0 aliphatic heterocycles. The van der Waals surface area contributed by atoms with Gasteiger partial charge in [-0.3, -0.25) is 0 Å². The van der Waals surface area contributed by atoms with E-state index in [4.69, 9.17) is 10.5 Å². The zero-order valence-corrected chi connectivity index (χ0v) is 10.9. The van der Waals surface area contributed by atoms with Gasteiger partial charge in [0.1, 0.15) is 23.1 Å². The van der Waals surface area contributed by atoms with Gasteiger partial charge in [0, 0.05) is 18.2 Å². The first-order valence-electron chi connectivity index (χ1n) is 5.21. The average molecular weight is 314 g/mol. The Labute approximate surface area is 112 Å². The van der Waals surface area contributed by atoms with Crippen LogP contribution in [0, 0.1) is 11.6 Å². The van der Waals surface area contributed by atoms with Crippen molar-refractivity contribution in [2.24, 2.45) is 5.73 Å². The summed E-state index contributed by atoms with van der Waals surface area (Å²) in [6.07, 6.45) is 0. The van der Waals surface area contributed by atoms with Crippen molar-refractivity contribution in [1.29, 1.82) is 0 Å². The fourth-order valence-corrected chi connectivity index (χ4v) is 1.81. The van der Waals surface area contributed by atoms with E-state index in [1.807, 2.05) is 0 Å². The molecule has 94 valence electrons. The lowest BCUT2D eigenvalue weighted by Gasteiger charge is -2.11. The smallest absolute Gasteiger partial charge is 0.144 e. The highest BCUT2D eigenvalue weighted by Gasteiger charge is 2.08. The van der Waals surface area contributed by atoms with Gasteiger partial charge in [0.15, 0.2) is 0 Å². The first-order chi connectivity index (χ1) is 8.60. The van der Waals surface area contributed by atoms with E-state index in [9.17, 15) is 8.78 Å². The molecule has 5 heteroatoms. The van der Waals surface area contributed by atoms with Gasteiger partial charge in [-0.1, -0.05) is 0 Å². The topological polar surface area (TPSA) is 35.2 Å². The van der Waals surface area contributed by atoms with Crippen LogP contribution in [0.15, 0.2) is 40.9 Å². The molecule has 0 atom stereocenters. The molecule has 0 unspecified atom stereocenters. The lowest BCUT2D eigenvalue weighted by molar-refractivity contribution is 0.465. The molecule has 2 aromatic rings. The van der Waals surface area contributed by atoms with Gasteiger partial charge in [0.2, 0.25) is 0 Å². The molecule has 2 nitrogen and oxygen atoms in total. The molecule has 0 aliphatic carbocycles. The van der Waals surface area contributed by atoms with Crippen LogP contribution in [0.1, 0.15) is 5.56 Å². The first-order valence-corrected chi connectivity index (χ1v) is 6.01. The van der Waals surface area contributed by atoms with Crippen molar-refractivity contribution in [2.45, 2.75) is 6.54 Å². The molecule has 0 aliphatic rings. The summed E-state index contributed by atoms with van der Waals surface area (Å²) in [7, 11) is 0. The number of hydrogen-bond donors (Lipinski definition) is 1. The number of rotatable bonds is 3. The van der Waals surface area contributed by atoms with Crippen LogP contribution in [0.25, 0.3) is 0 Å². The summed E-state index contributed by atoms with van der Waals surface area (Å²) in [4.78, 5) is 0. The van der Waals surface area contributed by atoms with Crippen molar-refractivity contribution in [3.63, 3.8) is 0 Å². The highest BCUT2D eigenvalue weighted by Crippen LogP contribution is 2.32. The van der Waals surface area contributed by atoms with Crippen LogP contribution in [-0.4, -0.2) is 0 Å². The Morgan fingerprint density at radius 1 is 1.00 bits per heavy atom. The minimum Gasteiger partial charge on any atom is -0.456 e. The van der Waals surface area contributed by atoms with Gasteiger partial charge < -0.3 is 10.5 Å². The summed E-state index contributed by atoms with van der Waals surface area (Å²) in [6, 6.07) is 8.12. The molecule has 18 heavy (non-hydrogen) atoms. The number of benzene rings is 2. The molecule has 0 spiro atoms. The second-order valence-electron chi connectivity index (χ2n) is 3.63. The second-order valence-corrected chi connectivity index (χ2v) is 4.49. The number of ether oxygens (including phenoxy) is 1. The van der Waals surface area contributed by atoms with Crippen molar-refractivity contribution < 1.29 is 13.5 Å². The van der Waals surface area contributed by atoms with Crippen molar-refractivity contribution in [3.05, 3.63) is 58.1 Å². The Morgan fingerprint density at radius 2 is 1.67 bits per heavy atom. The van der Waals surface area contributed by atoms with E-state index in [1.165, 1.54) is 36.4 Å². The Kier molecular flexibility index (Phi) is 3.93. The molecule has 0 radical (unpaired) electrons. The van der Waals surface area contributed by atoms with Crippen molar-refractivity contribution in [1.82, 2.24) is 0 Å². The Hall–Kier alpha value is -1.46. The first kappa shape index (κ1) is 13.0. The van der Waals surface area contributed by atoms with Gasteiger partial charge >= 0.3 is 0 Å². The second kappa shape index (κ2) is 5.46. The lowest BCUT2D eigenvalue weighted by atomic mass is 10.2. The van der Waals surface area contributed by atoms with Gasteiger partial charge in [-0.15, -0.1) is 0 Å². The summed E-state index contributed by atoms with van der Waals surface area (Å²) >= 11 is 3.25. The molecule has 0 saturated carbocycles. The zero-order chi connectivity index (χ0) is 13.1. The standard InChI is InChI=1S/C13H10BrF2NO/c14-11-3-1-10(16)6-13(11)18-12-4-2-9(15)5-8(12)7-17/h1-6H,7,17H2.